The van der Waals surface area contributed by atoms with E-state index in [2.05, 4.69) is 5.32 Å². The maximum Gasteiger partial charge on any atom is 0.250 e. The van der Waals surface area contributed by atoms with E-state index < -0.39 is 0 Å². The molecule has 0 bridgehead atoms. The second kappa shape index (κ2) is 8.89. The Hall–Kier alpha value is -1.13. The van der Waals surface area contributed by atoms with Crippen LogP contribution in [-0.2, 0) is 11.3 Å². The number of pyridine rings is 1. The Morgan fingerprint density at radius 2 is 2.17 bits per heavy atom. The molecule has 0 unspecified atom stereocenters. The molecule has 0 aliphatic heterocycles. The summed E-state index contributed by atoms with van der Waals surface area (Å²) in [4.78, 5) is 11.6. The lowest BCUT2D eigenvalue weighted by Crippen LogP contribution is -2.27. The highest BCUT2D eigenvalue weighted by Gasteiger charge is 1.95. The lowest BCUT2D eigenvalue weighted by atomic mass is 10.3. The van der Waals surface area contributed by atoms with Gasteiger partial charge in [-0.25, -0.2) is 0 Å². The first kappa shape index (κ1) is 14.9. The van der Waals surface area contributed by atoms with Crippen LogP contribution >= 0.6 is 0 Å². The molecule has 0 saturated heterocycles. The molecular weight excluding hydrogens is 228 g/mol. The molecule has 0 radical (unpaired) electrons. The molecule has 4 nitrogen and oxygen atoms in total. The summed E-state index contributed by atoms with van der Waals surface area (Å²) in [7, 11) is 0. The van der Waals surface area contributed by atoms with Gasteiger partial charge >= 0.3 is 0 Å². The number of rotatable bonds is 9. The van der Waals surface area contributed by atoms with Crippen LogP contribution in [0.25, 0.3) is 0 Å². The van der Waals surface area contributed by atoms with Gasteiger partial charge in [0.2, 0.25) is 0 Å². The molecule has 0 saturated carbocycles. The van der Waals surface area contributed by atoms with Crippen molar-refractivity contribution in [3.05, 3.63) is 34.2 Å². The Bertz CT molecular complexity index is 388. The molecule has 0 spiro atoms. The summed E-state index contributed by atoms with van der Waals surface area (Å²) in [6, 6.07) is 3.63. The second-order valence-electron chi connectivity index (χ2n) is 4.39. The van der Waals surface area contributed by atoms with Crippen molar-refractivity contribution in [3.8, 4) is 0 Å². The molecule has 1 heterocycles. The topological polar surface area (TPSA) is 43.3 Å². The average molecular weight is 252 g/mol. The molecule has 0 aromatic carbocycles. The first-order chi connectivity index (χ1) is 8.74. The zero-order valence-electron chi connectivity index (χ0n) is 11.4. The van der Waals surface area contributed by atoms with Crippen molar-refractivity contribution in [1.82, 2.24) is 9.88 Å². The molecule has 0 fully saturated rings. The zero-order valence-corrected chi connectivity index (χ0v) is 11.4. The number of unbranched alkanes of at least 4 members (excludes halogenated alkanes) is 1. The Balaban J connectivity index is 2.09. The molecule has 0 aliphatic rings. The lowest BCUT2D eigenvalue weighted by molar-refractivity contribution is 0.143. The fourth-order valence-electron chi connectivity index (χ4n) is 1.71. The van der Waals surface area contributed by atoms with Gasteiger partial charge in [-0.3, -0.25) is 4.79 Å². The summed E-state index contributed by atoms with van der Waals surface area (Å²) >= 11 is 0. The van der Waals surface area contributed by atoms with E-state index in [1.165, 1.54) is 0 Å². The van der Waals surface area contributed by atoms with E-state index in [-0.39, 0.29) is 5.56 Å². The molecule has 1 N–H and O–H groups in total. The van der Waals surface area contributed by atoms with E-state index in [1.54, 1.807) is 10.6 Å². The van der Waals surface area contributed by atoms with Gasteiger partial charge in [0.15, 0.2) is 0 Å². The van der Waals surface area contributed by atoms with Gasteiger partial charge in [0.05, 0.1) is 0 Å². The Labute approximate surface area is 109 Å². The van der Waals surface area contributed by atoms with Gasteiger partial charge in [-0.05, 0) is 44.9 Å². The average Bonchev–Trinajstić information content (AvgIpc) is 2.35. The summed E-state index contributed by atoms with van der Waals surface area (Å²) in [6.07, 6.45) is 4.06. The van der Waals surface area contributed by atoms with Gasteiger partial charge in [-0.15, -0.1) is 0 Å². The molecule has 1 aromatic heterocycles. The minimum absolute atomic E-state index is 0.0770. The molecule has 0 atom stereocenters. The minimum Gasteiger partial charge on any atom is -0.382 e. The smallest absolute Gasteiger partial charge is 0.250 e. The van der Waals surface area contributed by atoms with Crippen molar-refractivity contribution < 1.29 is 4.74 Å². The highest BCUT2D eigenvalue weighted by atomic mass is 16.5. The number of aryl methyl sites for hydroxylation is 1. The molecule has 4 heteroatoms. The summed E-state index contributed by atoms with van der Waals surface area (Å²) < 4.78 is 7.00. The quantitative estimate of drug-likeness (QED) is 0.678. The van der Waals surface area contributed by atoms with Crippen LogP contribution in [0.15, 0.2) is 23.1 Å². The minimum atomic E-state index is 0.0770. The summed E-state index contributed by atoms with van der Waals surface area (Å²) in [5, 5.41) is 3.34. The molecule has 1 aromatic rings. The predicted octanol–water partition coefficient (Wildman–Crippen LogP) is 1.56. The predicted molar refractivity (Wildman–Crippen MR) is 74.0 cm³/mol. The second-order valence-corrected chi connectivity index (χ2v) is 4.39. The zero-order chi connectivity index (χ0) is 13.2. The largest absolute Gasteiger partial charge is 0.382 e. The molecule has 1 rings (SSSR count). The lowest BCUT2D eigenvalue weighted by Gasteiger charge is -2.07. The fourth-order valence-corrected chi connectivity index (χ4v) is 1.71. The Kier molecular flexibility index (Phi) is 7.37. The van der Waals surface area contributed by atoms with Gasteiger partial charge in [0.25, 0.3) is 5.56 Å². The maximum atomic E-state index is 11.6. The van der Waals surface area contributed by atoms with Crippen LogP contribution in [-0.4, -0.2) is 30.9 Å². The van der Waals surface area contributed by atoms with Crippen molar-refractivity contribution in [3.63, 3.8) is 0 Å². The Morgan fingerprint density at radius 3 is 2.89 bits per heavy atom. The number of nitrogens with zero attached hydrogens (tertiary/aromatic N) is 1. The van der Waals surface area contributed by atoms with E-state index in [0.29, 0.717) is 0 Å². The van der Waals surface area contributed by atoms with E-state index in [9.17, 15) is 4.79 Å². The standard InChI is InChI=1S/C14H24N2O2/c1-3-18-11-5-4-7-15-8-10-16-9-6-13(2)12-14(16)17/h6,9,12,15H,3-5,7-8,10-11H2,1-2H3. The van der Waals surface area contributed by atoms with Gasteiger partial charge < -0.3 is 14.6 Å². The van der Waals surface area contributed by atoms with E-state index in [1.807, 2.05) is 26.1 Å². The SMILES string of the molecule is CCOCCCCNCCn1ccc(C)cc1=O. The van der Waals surface area contributed by atoms with Crippen LogP contribution in [0.3, 0.4) is 0 Å². The summed E-state index contributed by atoms with van der Waals surface area (Å²) in [5.41, 5.74) is 1.09. The number of hydrogen-bond acceptors (Lipinski definition) is 3. The highest BCUT2D eigenvalue weighted by Crippen LogP contribution is 1.91. The fraction of sp³-hybridized carbons (Fsp3) is 0.643. The van der Waals surface area contributed by atoms with Crippen LogP contribution < -0.4 is 10.9 Å². The third-order valence-electron chi connectivity index (χ3n) is 2.78. The van der Waals surface area contributed by atoms with Crippen LogP contribution in [0, 0.1) is 6.92 Å². The van der Waals surface area contributed by atoms with E-state index in [4.69, 9.17) is 4.74 Å². The monoisotopic (exact) mass is 252 g/mol. The van der Waals surface area contributed by atoms with Gasteiger partial charge in [-0.1, -0.05) is 0 Å². The highest BCUT2D eigenvalue weighted by molar-refractivity contribution is 5.07. The molecule has 102 valence electrons. The summed E-state index contributed by atoms with van der Waals surface area (Å²) in [6.45, 7) is 8.12. The molecule has 18 heavy (non-hydrogen) atoms. The Morgan fingerprint density at radius 1 is 1.33 bits per heavy atom. The van der Waals surface area contributed by atoms with Gasteiger partial charge in [0, 0.05) is 38.6 Å². The number of aromatic nitrogens is 1. The molecule has 0 aliphatic carbocycles. The van der Waals surface area contributed by atoms with E-state index in [0.717, 1.165) is 51.3 Å². The van der Waals surface area contributed by atoms with Crippen molar-refractivity contribution >= 4 is 0 Å². The molecule has 0 amide bonds. The molecular formula is C14H24N2O2. The van der Waals surface area contributed by atoms with Crippen molar-refractivity contribution in [2.24, 2.45) is 0 Å². The first-order valence-electron chi connectivity index (χ1n) is 6.69. The van der Waals surface area contributed by atoms with Gasteiger partial charge in [0.1, 0.15) is 0 Å². The van der Waals surface area contributed by atoms with Crippen LogP contribution in [0.2, 0.25) is 0 Å². The van der Waals surface area contributed by atoms with Crippen LogP contribution in [0.1, 0.15) is 25.3 Å². The van der Waals surface area contributed by atoms with Crippen molar-refractivity contribution in [2.75, 3.05) is 26.3 Å². The van der Waals surface area contributed by atoms with Gasteiger partial charge in [-0.2, -0.15) is 0 Å². The van der Waals surface area contributed by atoms with E-state index >= 15 is 0 Å². The maximum absolute atomic E-state index is 11.6. The first-order valence-corrected chi connectivity index (χ1v) is 6.69. The normalized spacial score (nSPS) is 10.8. The third-order valence-corrected chi connectivity index (χ3v) is 2.78. The van der Waals surface area contributed by atoms with Crippen LogP contribution in [0.4, 0.5) is 0 Å². The summed E-state index contributed by atoms with van der Waals surface area (Å²) in [5.74, 6) is 0. The number of hydrogen-bond donors (Lipinski definition) is 1. The number of nitrogens with one attached hydrogen (secondary N) is 1. The van der Waals surface area contributed by atoms with Crippen molar-refractivity contribution in [1.29, 1.82) is 0 Å². The number of ether oxygens (including phenoxy) is 1. The third kappa shape index (κ3) is 5.98. The van der Waals surface area contributed by atoms with Crippen molar-refractivity contribution in [2.45, 2.75) is 33.2 Å². The van der Waals surface area contributed by atoms with Crippen LogP contribution in [0.5, 0.6) is 0 Å².